The summed E-state index contributed by atoms with van der Waals surface area (Å²) in [4.78, 5) is 16.5. The summed E-state index contributed by atoms with van der Waals surface area (Å²) in [5.41, 5.74) is 0.767. The van der Waals surface area contributed by atoms with Crippen LogP contribution < -0.4 is 5.32 Å². The van der Waals surface area contributed by atoms with Crippen LogP contribution in [0.3, 0.4) is 0 Å². The van der Waals surface area contributed by atoms with Crippen molar-refractivity contribution in [3.8, 4) is 10.8 Å². The fourth-order valence-electron chi connectivity index (χ4n) is 2.46. The van der Waals surface area contributed by atoms with Crippen LogP contribution >= 0.6 is 11.3 Å². The van der Waals surface area contributed by atoms with E-state index < -0.39 is 0 Å². The van der Waals surface area contributed by atoms with E-state index in [9.17, 15) is 4.79 Å². The van der Waals surface area contributed by atoms with Crippen LogP contribution in [-0.4, -0.2) is 29.6 Å². The van der Waals surface area contributed by atoms with Crippen molar-refractivity contribution in [1.82, 2.24) is 10.3 Å². The number of aromatic nitrogens is 1. The molecule has 3 heterocycles. The number of carbonyl (C=O) groups is 1. The lowest BCUT2D eigenvalue weighted by Crippen LogP contribution is -2.41. The topological polar surface area (TPSA) is 64.4 Å². The summed E-state index contributed by atoms with van der Waals surface area (Å²) < 4.78 is 10.9. The molecule has 1 aliphatic rings. The van der Waals surface area contributed by atoms with Crippen LogP contribution in [0.5, 0.6) is 0 Å². The molecule has 0 aliphatic carbocycles. The second-order valence-corrected chi connectivity index (χ2v) is 6.06. The minimum Gasteiger partial charge on any atom is -0.462 e. The van der Waals surface area contributed by atoms with Gasteiger partial charge in [0.15, 0.2) is 10.8 Å². The monoisotopic (exact) mass is 306 g/mol. The zero-order valence-corrected chi connectivity index (χ0v) is 12.7. The Morgan fingerprint density at radius 3 is 3.24 bits per heavy atom. The van der Waals surface area contributed by atoms with E-state index >= 15 is 0 Å². The minimum atomic E-state index is -0.0192. The predicted octanol–water partition coefficient (Wildman–Crippen LogP) is 2.63. The second-order valence-electron chi connectivity index (χ2n) is 5.21. The maximum absolute atomic E-state index is 12.0. The molecule has 0 spiro atoms. The number of ether oxygens (including phenoxy) is 1. The van der Waals surface area contributed by atoms with Gasteiger partial charge >= 0.3 is 0 Å². The third-order valence-corrected chi connectivity index (χ3v) is 4.44. The van der Waals surface area contributed by atoms with Gasteiger partial charge in [-0.15, -0.1) is 11.3 Å². The first-order valence-electron chi connectivity index (χ1n) is 7.11. The molecule has 2 aromatic heterocycles. The maximum atomic E-state index is 12.0. The first-order valence-corrected chi connectivity index (χ1v) is 7.99. The lowest BCUT2D eigenvalue weighted by atomic mass is 10.1. The molecule has 0 aromatic carbocycles. The SMILES string of the molecule is C[C@@H](NC(=O)Cc1csc(-c2ccco2)n1)[C@H]1CCCO1. The summed E-state index contributed by atoms with van der Waals surface area (Å²) in [7, 11) is 0. The van der Waals surface area contributed by atoms with Gasteiger partial charge in [-0.2, -0.15) is 0 Å². The molecule has 1 N–H and O–H groups in total. The predicted molar refractivity (Wildman–Crippen MR) is 80.1 cm³/mol. The summed E-state index contributed by atoms with van der Waals surface area (Å²) in [5.74, 6) is 0.716. The van der Waals surface area contributed by atoms with Crippen molar-refractivity contribution >= 4 is 17.2 Å². The Bertz CT molecular complexity index is 588. The molecule has 1 aliphatic heterocycles. The summed E-state index contributed by atoms with van der Waals surface area (Å²) in [6, 6.07) is 3.73. The highest BCUT2D eigenvalue weighted by molar-refractivity contribution is 7.13. The Balaban J connectivity index is 1.55. The average Bonchev–Trinajstić information content (AvgIpc) is 3.21. The van der Waals surface area contributed by atoms with Gasteiger partial charge in [-0.1, -0.05) is 0 Å². The van der Waals surface area contributed by atoms with Crippen molar-refractivity contribution in [1.29, 1.82) is 0 Å². The van der Waals surface area contributed by atoms with Gasteiger partial charge in [0.2, 0.25) is 5.91 Å². The number of carbonyl (C=O) groups excluding carboxylic acids is 1. The van der Waals surface area contributed by atoms with E-state index in [2.05, 4.69) is 10.3 Å². The van der Waals surface area contributed by atoms with Gasteiger partial charge < -0.3 is 14.5 Å². The quantitative estimate of drug-likeness (QED) is 0.922. The molecular formula is C15H18N2O3S. The molecule has 112 valence electrons. The van der Waals surface area contributed by atoms with E-state index in [0.29, 0.717) is 0 Å². The van der Waals surface area contributed by atoms with Crippen LogP contribution in [0, 0.1) is 0 Å². The fourth-order valence-corrected chi connectivity index (χ4v) is 3.25. The Morgan fingerprint density at radius 1 is 1.62 bits per heavy atom. The Kier molecular flexibility index (Phi) is 4.36. The van der Waals surface area contributed by atoms with E-state index in [1.54, 1.807) is 6.26 Å². The number of rotatable bonds is 5. The number of nitrogens with one attached hydrogen (secondary N) is 1. The van der Waals surface area contributed by atoms with Gasteiger partial charge in [0, 0.05) is 12.0 Å². The second kappa shape index (κ2) is 6.41. The van der Waals surface area contributed by atoms with E-state index in [1.807, 2.05) is 24.4 Å². The number of thiazole rings is 1. The molecule has 21 heavy (non-hydrogen) atoms. The van der Waals surface area contributed by atoms with Crippen molar-refractivity contribution < 1.29 is 13.9 Å². The number of nitrogens with zero attached hydrogens (tertiary/aromatic N) is 1. The van der Waals surface area contributed by atoms with Crippen LogP contribution in [0.25, 0.3) is 10.8 Å². The van der Waals surface area contributed by atoms with Crippen molar-refractivity contribution in [3.63, 3.8) is 0 Å². The molecule has 1 amide bonds. The van der Waals surface area contributed by atoms with Crippen molar-refractivity contribution in [2.75, 3.05) is 6.61 Å². The van der Waals surface area contributed by atoms with Gasteiger partial charge in [-0.05, 0) is 31.9 Å². The maximum Gasteiger partial charge on any atom is 0.226 e. The van der Waals surface area contributed by atoms with Crippen LogP contribution in [0.15, 0.2) is 28.2 Å². The Morgan fingerprint density at radius 2 is 2.52 bits per heavy atom. The van der Waals surface area contributed by atoms with Gasteiger partial charge in [0.05, 0.1) is 30.5 Å². The first-order chi connectivity index (χ1) is 10.2. The van der Waals surface area contributed by atoms with E-state index in [0.717, 1.165) is 35.9 Å². The highest BCUT2D eigenvalue weighted by Crippen LogP contribution is 2.24. The van der Waals surface area contributed by atoms with Gasteiger partial charge in [-0.25, -0.2) is 4.98 Å². The summed E-state index contributed by atoms with van der Waals surface area (Å²) >= 11 is 1.48. The third-order valence-electron chi connectivity index (χ3n) is 3.54. The Labute approximate surface area is 127 Å². The van der Waals surface area contributed by atoms with E-state index in [4.69, 9.17) is 9.15 Å². The first kappa shape index (κ1) is 14.3. The zero-order chi connectivity index (χ0) is 14.7. The molecule has 5 nitrogen and oxygen atoms in total. The number of amides is 1. The molecule has 2 aromatic rings. The van der Waals surface area contributed by atoms with Crippen molar-refractivity contribution in [2.24, 2.45) is 0 Å². The molecule has 1 fully saturated rings. The van der Waals surface area contributed by atoms with E-state index in [1.165, 1.54) is 11.3 Å². The smallest absolute Gasteiger partial charge is 0.226 e. The standard InChI is InChI=1S/C15H18N2O3S/c1-10(12-4-2-6-19-12)16-14(18)8-11-9-21-15(17-11)13-5-3-7-20-13/h3,5,7,9-10,12H,2,4,6,8H2,1H3,(H,16,18)/t10-,12-/m1/s1. The largest absolute Gasteiger partial charge is 0.462 e. The molecule has 2 atom stereocenters. The highest BCUT2D eigenvalue weighted by Gasteiger charge is 2.23. The lowest BCUT2D eigenvalue weighted by molar-refractivity contribution is -0.121. The van der Waals surface area contributed by atoms with Crippen LogP contribution in [0.2, 0.25) is 0 Å². The summed E-state index contributed by atoms with van der Waals surface area (Å²) in [5, 5.41) is 5.69. The van der Waals surface area contributed by atoms with E-state index in [-0.39, 0.29) is 24.5 Å². The third kappa shape index (κ3) is 3.51. The van der Waals surface area contributed by atoms with Crippen molar-refractivity contribution in [3.05, 3.63) is 29.5 Å². The minimum absolute atomic E-state index is 0.0192. The number of furan rings is 1. The fraction of sp³-hybridized carbons (Fsp3) is 0.467. The lowest BCUT2D eigenvalue weighted by Gasteiger charge is -2.19. The molecule has 0 bridgehead atoms. The van der Waals surface area contributed by atoms with Gasteiger partial charge in [0.25, 0.3) is 0 Å². The van der Waals surface area contributed by atoms with Gasteiger partial charge in [0.1, 0.15) is 0 Å². The van der Waals surface area contributed by atoms with Crippen LogP contribution in [0.1, 0.15) is 25.5 Å². The summed E-state index contributed by atoms with van der Waals surface area (Å²) in [6.45, 7) is 2.78. The molecule has 0 unspecified atom stereocenters. The molecule has 3 rings (SSSR count). The number of hydrogen-bond donors (Lipinski definition) is 1. The average molecular weight is 306 g/mol. The Hall–Kier alpha value is -1.66. The van der Waals surface area contributed by atoms with Crippen molar-refractivity contribution in [2.45, 2.75) is 38.3 Å². The molecule has 1 saturated heterocycles. The molecular weight excluding hydrogens is 288 g/mol. The highest BCUT2D eigenvalue weighted by atomic mass is 32.1. The molecule has 0 radical (unpaired) electrons. The normalized spacial score (nSPS) is 19.6. The molecule has 0 saturated carbocycles. The summed E-state index contributed by atoms with van der Waals surface area (Å²) in [6.07, 6.45) is 4.13. The van der Waals surface area contributed by atoms with Crippen LogP contribution in [0.4, 0.5) is 0 Å². The number of hydrogen-bond acceptors (Lipinski definition) is 5. The van der Waals surface area contributed by atoms with Gasteiger partial charge in [-0.3, -0.25) is 4.79 Å². The van der Waals surface area contributed by atoms with Crippen LogP contribution in [-0.2, 0) is 16.0 Å². The molecule has 6 heteroatoms. The zero-order valence-electron chi connectivity index (χ0n) is 11.9.